The minimum Gasteiger partial charge on any atom is -0.286 e. The standard InChI is InChI=1S/C6H14O3S/c1-3-6(4-2)5-10(7,8)9/h6H,3-5H2,1-2H3,(H,7,8,9). The van der Waals surface area contributed by atoms with Crippen LogP contribution >= 0.6 is 0 Å². The largest absolute Gasteiger partial charge is 0.286 e. The van der Waals surface area contributed by atoms with Gasteiger partial charge in [0, 0.05) is 0 Å². The van der Waals surface area contributed by atoms with E-state index in [1.165, 1.54) is 0 Å². The normalized spacial score (nSPS) is 12.4. The average molecular weight is 166 g/mol. The molecule has 0 saturated heterocycles. The molecular weight excluding hydrogens is 152 g/mol. The van der Waals surface area contributed by atoms with Gasteiger partial charge in [-0.1, -0.05) is 26.7 Å². The Morgan fingerprint density at radius 2 is 1.70 bits per heavy atom. The van der Waals surface area contributed by atoms with Crippen LogP contribution in [-0.2, 0) is 10.1 Å². The van der Waals surface area contributed by atoms with Gasteiger partial charge in [-0.3, -0.25) is 4.55 Å². The number of hydrogen-bond acceptors (Lipinski definition) is 2. The quantitative estimate of drug-likeness (QED) is 0.641. The van der Waals surface area contributed by atoms with Gasteiger partial charge in [-0.25, -0.2) is 0 Å². The Morgan fingerprint density at radius 1 is 1.30 bits per heavy atom. The molecular formula is C6H14O3S. The van der Waals surface area contributed by atoms with Crippen molar-refractivity contribution in [1.82, 2.24) is 0 Å². The van der Waals surface area contributed by atoms with Crippen molar-refractivity contribution in [2.24, 2.45) is 5.92 Å². The lowest BCUT2D eigenvalue weighted by molar-refractivity contribution is 0.454. The molecule has 1 N–H and O–H groups in total. The minimum absolute atomic E-state index is 0.0972. The van der Waals surface area contributed by atoms with Crippen molar-refractivity contribution in [3.63, 3.8) is 0 Å². The SMILES string of the molecule is CCC(CC)CS(=O)(=O)O. The summed E-state index contributed by atoms with van der Waals surface area (Å²) < 4.78 is 29.1. The van der Waals surface area contributed by atoms with Gasteiger partial charge in [0.2, 0.25) is 0 Å². The van der Waals surface area contributed by atoms with Crippen LogP contribution in [0, 0.1) is 5.92 Å². The monoisotopic (exact) mass is 166 g/mol. The summed E-state index contributed by atoms with van der Waals surface area (Å²) in [6.07, 6.45) is 1.60. The molecule has 0 spiro atoms. The molecule has 0 saturated carbocycles. The smallest absolute Gasteiger partial charge is 0.265 e. The molecule has 0 atom stereocenters. The number of hydrogen-bond donors (Lipinski definition) is 1. The lowest BCUT2D eigenvalue weighted by Gasteiger charge is -2.07. The predicted molar refractivity (Wildman–Crippen MR) is 40.5 cm³/mol. The molecule has 0 aliphatic carbocycles. The molecule has 0 bridgehead atoms. The predicted octanol–water partition coefficient (Wildman–Crippen LogP) is 1.31. The minimum atomic E-state index is -3.75. The summed E-state index contributed by atoms with van der Waals surface area (Å²) >= 11 is 0. The van der Waals surface area contributed by atoms with Crippen LogP contribution in [0.5, 0.6) is 0 Å². The van der Waals surface area contributed by atoms with Gasteiger partial charge >= 0.3 is 0 Å². The first-order valence-corrected chi connectivity index (χ1v) is 5.05. The van der Waals surface area contributed by atoms with E-state index in [0.717, 1.165) is 12.8 Å². The molecule has 0 unspecified atom stereocenters. The summed E-state index contributed by atoms with van der Waals surface area (Å²) in [6.45, 7) is 3.83. The molecule has 0 aromatic carbocycles. The van der Waals surface area contributed by atoms with Crippen LogP contribution in [0.15, 0.2) is 0 Å². The average Bonchev–Trinajstić information content (AvgIpc) is 1.81. The third kappa shape index (κ3) is 4.76. The summed E-state index contributed by atoms with van der Waals surface area (Å²) in [4.78, 5) is 0. The van der Waals surface area contributed by atoms with Gasteiger partial charge < -0.3 is 0 Å². The zero-order chi connectivity index (χ0) is 8.20. The fourth-order valence-corrected chi connectivity index (χ4v) is 1.89. The first-order chi connectivity index (χ1) is 4.49. The van der Waals surface area contributed by atoms with Gasteiger partial charge in [-0.2, -0.15) is 8.42 Å². The molecule has 3 nitrogen and oxygen atoms in total. The van der Waals surface area contributed by atoms with Crippen LogP contribution in [0.1, 0.15) is 26.7 Å². The maximum absolute atomic E-state index is 10.3. The molecule has 0 radical (unpaired) electrons. The highest BCUT2D eigenvalue weighted by molar-refractivity contribution is 7.85. The summed E-state index contributed by atoms with van der Waals surface area (Å²) in [6, 6.07) is 0. The van der Waals surface area contributed by atoms with E-state index in [-0.39, 0.29) is 11.7 Å². The Bertz CT molecular complexity index is 167. The highest BCUT2D eigenvalue weighted by atomic mass is 32.2. The maximum atomic E-state index is 10.3. The Balaban J connectivity index is 3.87. The molecule has 0 rings (SSSR count). The zero-order valence-electron chi connectivity index (χ0n) is 6.37. The van der Waals surface area contributed by atoms with Crippen molar-refractivity contribution in [3.8, 4) is 0 Å². The molecule has 0 aromatic heterocycles. The van der Waals surface area contributed by atoms with E-state index < -0.39 is 10.1 Å². The summed E-state index contributed by atoms with van der Waals surface area (Å²) in [5.41, 5.74) is 0. The van der Waals surface area contributed by atoms with Crippen molar-refractivity contribution in [3.05, 3.63) is 0 Å². The summed E-state index contributed by atoms with van der Waals surface area (Å²) in [5, 5.41) is 0. The topological polar surface area (TPSA) is 54.4 Å². The highest BCUT2D eigenvalue weighted by Crippen LogP contribution is 2.09. The first-order valence-electron chi connectivity index (χ1n) is 3.44. The van der Waals surface area contributed by atoms with Gasteiger partial charge in [0.25, 0.3) is 10.1 Å². The Labute approximate surface area is 62.2 Å². The zero-order valence-corrected chi connectivity index (χ0v) is 7.19. The Hall–Kier alpha value is -0.0900. The van der Waals surface area contributed by atoms with Crippen molar-refractivity contribution in [1.29, 1.82) is 0 Å². The molecule has 0 aliphatic heterocycles. The van der Waals surface area contributed by atoms with Crippen molar-refractivity contribution in [2.75, 3.05) is 5.75 Å². The maximum Gasteiger partial charge on any atom is 0.265 e. The van der Waals surface area contributed by atoms with E-state index in [1.54, 1.807) is 0 Å². The van der Waals surface area contributed by atoms with E-state index in [4.69, 9.17) is 4.55 Å². The summed E-state index contributed by atoms with van der Waals surface area (Å²) in [7, 11) is -3.75. The molecule has 10 heavy (non-hydrogen) atoms. The van der Waals surface area contributed by atoms with Gasteiger partial charge in [-0.05, 0) is 5.92 Å². The molecule has 0 fully saturated rings. The van der Waals surface area contributed by atoms with Crippen LogP contribution in [0.2, 0.25) is 0 Å². The van der Waals surface area contributed by atoms with Crippen molar-refractivity contribution < 1.29 is 13.0 Å². The van der Waals surface area contributed by atoms with Gasteiger partial charge in [0.05, 0.1) is 5.75 Å². The van der Waals surface area contributed by atoms with E-state index in [2.05, 4.69) is 0 Å². The molecule has 62 valence electrons. The second-order valence-corrected chi connectivity index (χ2v) is 3.93. The lowest BCUT2D eigenvalue weighted by Crippen LogP contribution is -2.13. The highest BCUT2D eigenvalue weighted by Gasteiger charge is 2.12. The Morgan fingerprint density at radius 3 is 1.80 bits per heavy atom. The third-order valence-corrected chi connectivity index (χ3v) is 2.49. The van der Waals surface area contributed by atoms with E-state index in [1.807, 2.05) is 13.8 Å². The van der Waals surface area contributed by atoms with Crippen molar-refractivity contribution in [2.45, 2.75) is 26.7 Å². The molecule has 0 aliphatic rings. The fraction of sp³-hybridized carbons (Fsp3) is 1.00. The van der Waals surface area contributed by atoms with Crippen LogP contribution in [0.25, 0.3) is 0 Å². The van der Waals surface area contributed by atoms with Gasteiger partial charge in [-0.15, -0.1) is 0 Å². The number of rotatable bonds is 4. The first kappa shape index (κ1) is 9.91. The lowest BCUT2D eigenvalue weighted by atomic mass is 10.1. The molecule has 4 heteroatoms. The van der Waals surface area contributed by atoms with Crippen molar-refractivity contribution >= 4 is 10.1 Å². The van der Waals surface area contributed by atoms with Crippen LogP contribution < -0.4 is 0 Å². The van der Waals surface area contributed by atoms with Crippen LogP contribution in [-0.4, -0.2) is 18.7 Å². The molecule has 0 heterocycles. The second-order valence-electron chi connectivity index (χ2n) is 2.43. The Kier molecular flexibility index (Phi) is 3.89. The van der Waals surface area contributed by atoms with E-state index in [0.29, 0.717) is 0 Å². The molecule has 0 aromatic rings. The molecule has 0 amide bonds. The van der Waals surface area contributed by atoms with E-state index >= 15 is 0 Å². The van der Waals surface area contributed by atoms with Crippen LogP contribution in [0.3, 0.4) is 0 Å². The second kappa shape index (κ2) is 3.93. The third-order valence-electron chi connectivity index (χ3n) is 1.60. The summed E-state index contributed by atoms with van der Waals surface area (Å²) in [5.74, 6) is 0.00926. The van der Waals surface area contributed by atoms with E-state index in [9.17, 15) is 8.42 Å². The van der Waals surface area contributed by atoms with Gasteiger partial charge in [0.1, 0.15) is 0 Å². The fourth-order valence-electron chi connectivity index (χ4n) is 0.822. The van der Waals surface area contributed by atoms with Crippen LogP contribution in [0.4, 0.5) is 0 Å². The van der Waals surface area contributed by atoms with Gasteiger partial charge in [0.15, 0.2) is 0 Å².